The first-order valence-corrected chi connectivity index (χ1v) is 8.90. The van der Waals surface area contributed by atoms with Gasteiger partial charge in [-0.15, -0.1) is 11.8 Å². The van der Waals surface area contributed by atoms with Gasteiger partial charge < -0.3 is 10.1 Å². The van der Waals surface area contributed by atoms with E-state index in [1.807, 2.05) is 37.4 Å². The fourth-order valence-electron chi connectivity index (χ4n) is 2.34. The lowest BCUT2D eigenvalue weighted by molar-refractivity contribution is -0.384. The molecule has 1 atom stereocenters. The predicted molar refractivity (Wildman–Crippen MR) is 98.5 cm³/mol. The van der Waals surface area contributed by atoms with Gasteiger partial charge in [0.15, 0.2) is 0 Å². The van der Waals surface area contributed by atoms with Gasteiger partial charge in [-0.1, -0.05) is 12.1 Å². The molecule has 0 radical (unpaired) electrons. The molecule has 0 aliphatic carbocycles. The number of nitrogens with one attached hydrogen (secondary N) is 1. The van der Waals surface area contributed by atoms with Crippen LogP contribution in [0.1, 0.15) is 39.2 Å². The highest BCUT2D eigenvalue weighted by atomic mass is 32.2. The fourth-order valence-corrected chi connectivity index (χ4v) is 2.75. The van der Waals surface area contributed by atoms with Gasteiger partial charge in [-0.3, -0.25) is 14.9 Å². The molecule has 0 spiro atoms. The van der Waals surface area contributed by atoms with Gasteiger partial charge in [-0.25, -0.2) is 4.79 Å². The second-order valence-electron chi connectivity index (χ2n) is 5.49. The first-order valence-electron chi connectivity index (χ1n) is 7.68. The number of carbonyl (C=O) groups is 2. The van der Waals surface area contributed by atoms with E-state index in [1.165, 1.54) is 13.2 Å². The summed E-state index contributed by atoms with van der Waals surface area (Å²) in [5.41, 5.74) is 0.515. The third-order valence-corrected chi connectivity index (χ3v) is 4.52. The largest absolute Gasteiger partial charge is 0.465 e. The van der Waals surface area contributed by atoms with E-state index < -0.39 is 16.8 Å². The minimum atomic E-state index is -0.747. The molecule has 0 aromatic heterocycles. The van der Waals surface area contributed by atoms with E-state index in [1.54, 1.807) is 11.8 Å². The second kappa shape index (κ2) is 8.48. The Bertz CT molecular complexity index is 836. The van der Waals surface area contributed by atoms with Crippen molar-refractivity contribution in [2.75, 3.05) is 13.4 Å². The number of methoxy groups -OCH3 is 1. The molecule has 7 nitrogen and oxygen atoms in total. The summed E-state index contributed by atoms with van der Waals surface area (Å²) in [6, 6.07) is 10.9. The van der Waals surface area contributed by atoms with E-state index in [0.29, 0.717) is 0 Å². The van der Waals surface area contributed by atoms with Gasteiger partial charge in [0.25, 0.3) is 11.6 Å². The zero-order valence-corrected chi connectivity index (χ0v) is 15.3. The Morgan fingerprint density at radius 1 is 1.15 bits per heavy atom. The van der Waals surface area contributed by atoms with Gasteiger partial charge in [0.1, 0.15) is 0 Å². The summed E-state index contributed by atoms with van der Waals surface area (Å²) in [5.74, 6) is -1.26. The average Bonchev–Trinajstić information content (AvgIpc) is 2.66. The maximum atomic E-state index is 12.5. The summed E-state index contributed by atoms with van der Waals surface area (Å²) in [6.45, 7) is 1.81. The molecular formula is C18H18N2O5S. The highest BCUT2D eigenvalue weighted by Crippen LogP contribution is 2.21. The van der Waals surface area contributed by atoms with Crippen LogP contribution in [0.25, 0.3) is 0 Å². The van der Waals surface area contributed by atoms with Gasteiger partial charge in [-0.2, -0.15) is 0 Å². The van der Waals surface area contributed by atoms with E-state index in [4.69, 9.17) is 0 Å². The minimum Gasteiger partial charge on any atom is -0.465 e. The molecule has 2 aromatic carbocycles. The number of non-ortho nitro benzene ring substituents is 1. The summed E-state index contributed by atoms with van der Waals surface area (Å²) < 4.78 is 4.58. The van der Waals surface area contributed by atoms with Crippen LogP contribution in [0.15, 0.2) is 47.4 Å². The van der Waals surface area contributed by atoms with Crippen LogP contribution < -0.4 is 5.32 Å². The number of ether oxygens (including phenoxy) is 1. The maximum Gasteiger partial charge on any atom is 0.338 e. The number of hydrogen-bond donors (Lipinski definition) is 1. The number of nitro groups is 1. The number of benzene rings is 2. The Morgan fingerprint density at radius 2 is 1.77 bits per heavy atom. The number of nitrogens with zero attached hydrogens (tertiary/aromatic N) is 1. The summed E-state index contributed by atoms with van der Waals surface area (Å²) in [4.78, 5) is 35.7. The molecule has 0 saturated carbocycles. The third kappa shape index (κ3) is 4.60. The maximum absolute atomic E-state index is 12.5. The molecule has 0 saturated heterocycles. The van der Waals surface area contributed by atoms with Crippen LogP contribution in [0.2, 0.25) is 0 Å². The Kier molecular flexibility index (Phi) is 6.35. The van der Waals surface area contributed by atoms with Crippen molar-refractivity contribution in [3.63, 3.8) is 0 Å². The van der Waals surface area contributed by atoms with Crippen molar-refractivity contribution in [3.05, 3.63) is 69.3 Å². The van der Waals surface area contributed by atoms with Gasteiger partial charge in [0, 0.05) is 22.6 Å². The molecule has 1 N–H and O–H groups in total. The number of nitro benzene ring substituents is 1. The minimum absolute atomic E-state index is 0.0205. The van der Waals surface area contributed by atoms with Gasteiger partial charge in [-0.05, 0) is 36.9 Å². The molecular weight excluding hydrogens is 356 g/mol. The van der Waals surface area contributed by atoms with Crippen molar-refractivity contribution >= 4 is 29.3 Å². The molecule has 8 heteroatoms. The topological polar surface area (TPSA) is 98.5 Å². The highest BCUT2D eigenvalue weighted by Gasteiger charge is 2.19. The number of hydrogen-bond acceptors (Lipinski definition) is 6. The molecule has 136 valence electrons. The molecule has 0 heterocycles. The van der Waals surface area contributed by atoms with E-state index in [9.17, 15) is 19.7 Å². The van der Waals surface area contributed by atoms with Crippen LogP contribution in [0.4, 0.5) is 5.69 Å². The Balaban J connectivity index is 2.25. The van der Waals surface area contributed by atoms with Crippen LogP contribution >= 0.6 is 11.8 Å². The first-order chi connectivity index (χ1) is 12.3. The van der Waals surface area contributed by atoms with Crippen LogP contribution in [0, 0.1) is 10.1 Å². The quantitative estimate of drug-likeness (QED) is 0.359. The Labute approximate surface area is 154 Å². The van der Waals surface area contributed by atoms with E-state index in [2.05, 4.69) is 10.1 Å². The number of thioether (sulfide) groups is 1. The summed E-state index contributed by atoms with van der Waals surface area (Å²) in [6.07, 6.45) is 1.97. The Morgan fingerprint density at radius 3 is 2.31 bits per heavy atom. The second-order valence-corrected chi connectivity index (χ2v) is 6.37. The Hall–Kier alpha value is -2.87. The molecule has 26 heavy (non-hydrogen) atoms. The molecule has 0 fully saturated rings. The zero-order chi connectivity index (χ0) is 19.3. The molecule has 1 amide bonds. The van der Waals surface area contributed by atoms with Crippen LogP contribution in [-0.2, 0) is 4.74 Å². The molecule has 2 aromatic rings. The lowest BCUT2D eigenvalue weighted by Crippen LogP contribution is -2.27. The summed E-state index contributed by atoms with van der Waals surface area (Å²) in [7, 11) is 1.17. The lowest BCUT2D eigenvalue weighted by Gasteiger charge is -2.15. The number of amides is 1. The zero-order valence-electron chi connectivity index (χ0n) is 14.5. The average molecular weight is 374 g/mol. The SMILES string of the molecule is COC(=O)c1cc(C(=O)NC(C)c2ccc(SC)cc2)cc([N+](=O)[O-])c1. The van der Waals surface area contributed by atoms with Crippen molar-refractivity contribution in [2.45, 2.75) is 17.9 Å². The highest BCUT2D eigenvalue weighted by molar-refractivity contribution is 7.98. The standard InChI is InChI=1S/C18H18N2O5S/c1-11(12-4-6-16(26-3)7-5-12)19-17(21)13-8-14(18(22)25-2)10-15(9-13)20(23)24/h4-11H,1-3H3,(H,19,21). The molecule has 0 aliphatic rings. The van der Waals surface area contributed by atoms with Crippen LogP contribution in [0.5, 0.6) is 0 Å². The predicted octanol–water partition coefficient (Wildman–Crippen LogP) is 3.59. The molecule has 1 unspecified atom stereocenters. The number of carbonyl (C=O) groups excluding carboxylic acids is 2. The van der Waals surface area contributed by atoms with E-state index in [-0.39, 0.29) is 22.9 Å². The van der Waals surface area contributed by atoms with Crippen molar-refractivity contribution in [3.8, 4) is 0 Å². The summed E-state index contributed by atoms with van der Waals surface area (Å²) in [5, 5.41) is 13.8. The lowest BCUT2D eigenvalue weighted by atomic mass is 10.1. The van der Waals surface area contributed by atoms with Crippen LogP contribution in [-0.4, -0.2) is 30.2 Å². The smallest absolute Gasteiger partial charge is 0.338 e. The summed E-state index contributed by atoms with van der Waals surface area (Å²) >= 11 is 1.62. The molecule has 0 bridgehead atoms. The fraction of sp³-hybridized carbons (Fsp3) is 0.222. The van der Waals surface area contributed by atoms with Crippen molar-refractivity contribution in [1.82, 2.24) is 5.32 Å². The van der Waals surface area contributed by atoms with Crippen molar-refractivity contribution in [2.24, 2.45) is 0 Å². The van der Waals surface area contributed by atoms with E-state index >= 15 is 0 Å². The monoisotopic (exact) mass is 374 g/mol. The van der Waals surface area contributed by atoms with Gasteiger partial charge >= 0.3 is 5.97 Å². The van der Waals surface area contributed by atoms with Gasteiger partial charge in [0.2, 0.25) is 0 Å². The van der Waals surface area contributed by atoms with E-state index in [0.717, 1.165) is 22.6 Å². The number of esters is 1. The van der Waals surface area contributed by atoms with Gasteiger partial charge in [0.05, 0.1) is 23.6 Å². The van der Waals surface area contributed by atoms with Crippen molar-refractivity contribution < 1.29 is 19.2 Å². The molecule has 0 aliphatic heterocycles. The van der Waals surface area contributed by atoms with Crippen molar-refractivity contribution in [1.29, 1.82) is 0 Å². The van der Waals surface area contributed by atoms with Crippen LogP contribution in [0.3, 0.4) is 0 Å². The third-order valence-electron chi connectivity index (χ3n) is 3.78. The normalized spacial score (nSPS) is 11.5. The first kappa shape index (κ1) is 19.5. The molecule has 2 rings (SSSR count). The number of rotatable bonds is 6.